The molecular weight excluding hydrogens is 244 g/mol. The van der Waals surface area contributed by atoms with E-state index in [0.29, 0.717) is 5.69 Å². The molecule has 19 heavy (non-hydrogen) atoms. The van der Waals surface area contributed by atoms with E-state index in [2.05, 4.69) is 14.7 Å². The van der Waals surface area contributed by atoms with Crippen molar-refractivity contribution in [2.75, 3.05) is 13.2 Å². The first kappa shape index (κ1) is 14.6. The van der Waals surface area contributed by atoms with Gasteiger partial charge in [0.05, 0.1) is 12.1 Å². The molecule has 2 aromatic rings. The summed E-state index contributed by atoms with van der Waals surface area (Å²) in [6.07, 6.45) is 1.49. The fourth-order valence-corrected chi connectivity index (χ4v) is 1.47. The third-order valence-electron chi connectivity index (χ3n) is 2.34. The zero-order chi connectivity index (χ0) is 12.8. The number of nitrogens with two attached hydrogens (primary N) is 1. The van der Waals surface area contributed by atoms with Crippen molar-refractivity contribution in [2.45, 2.75) is 0 Å². The van der Waals surface area contributed by atoms with E-state index >= 15 is 0 Å². The Morgan fingerprint density at radius 1 is 1.21 bits per heavy atom. The van der Waals surface area contributed by atoms with Gasteiger partial charge in [0.15, 0.2) is 6.40 Å². The van der Waals surface area contributed by atoms with Gasteiger partial charge in [-0.3, -0.25) is 9.79 Å². The normalized spacial score (nSPS) is 12.0. The molecule has 0 radical (unpaired) electrons. The minimum Gasteiger partial charge on any atom is -0.482 e. The molecule has 0 fully saturated rings. The molecule has 1 aromatic heterocycles. The summed E-state index contributed by atoms with van der Waals surface area (Å²) in [4.78, 5) is 18.6. The van der Waals surface area contributed by atoms with Crippen molar-refractivity contribution in [1.82, 2.24) is 11.1 Å². The number of para-hydroxylation sites is 1. The predicted octanol–water partition coefficient (Wildman–Crippen LogP) is 1.54. The molecule has 0 bridgehead atoms. The van der Waals surface area contributed by atoms with Crippen LogP contribution in [0.4, 0.5) is 0 Å². The molecule has 0 spiro atoms. The largest absolute Gasteiger partial charge is 0.482 e. The molecule has 2 heterocycles. The van der Waals surface area contributed by atoms with Gasteiger partial charge in [0.1, 0.15) is 12.3 Å². The lowest BCUT2D eigenvalue weighted by Crippen LogP contribution is -2.12. The highest BCUT2D eigenvalue weighted by Gasteiger charge is 2.01. The molecule has 0 atom stereocenters. The maximum atomic E-state index is 10.8. The van der Waals surface area contributed by atoms with Crippen molar-refractivity contribution < 1.29 is 9.53 Å². The van der Waals surface area contributed by atoms with Crippen molar-refractivity contribution in [2.24, 2.45) is 10.7 Å². The molecule has 6 nitrogen and oxygen atoms in total. The Kier molecular flexibility index (Phi) is 5.43. The van der Waals surface area contributed by atoms with Gasteiger partial charge >= 0.3 is 0 Å². The Labute approximate surface area is 110 Å². The lowest BCUT2D eigenvalue weighted by molar-refractivity contribution is 0.0996. The van der Waals surface area contributed by atoms with Gasteiger partial charge in [-0.05, 0) is 12.1 Å². The quantitative estimate of drug-likeness (QED) is 0.809. The van der Waals surface area contributed by atoms with Crippen LogP contribution >= 0.6 is 0 Å². The number of pyridine rings is 1. The highest BCUT2D eigenvalue weighted by Crippen LogP contribution is 2.10. The average molecular weight is 260 g/mol. The van der Waals surface area contributed by atoms with E-state index < -0.39 is 5.91 Å². The topological polar surface area (TPSA) is 113 Å². The smallest absolute Gasteiger partial charge is 0.267 e. The first-order valence-electron chi connectivity index (χ1n) is 5.53. The van der Waals surface area contributed by atoms with E-state index in [1.165, 1.54) is 6.40 Å². The Morgan fingerprint density at radius 2 is 2.00 bits per heavy atom. The SMILES string of the molecule is C1=NCCO1.N.NC(=O)c1ccc2ccccc2n1. The summed E-state index contributed by atoms with van der Waals surface area (Å²) < 4.78 is 4.65. The Morgan fingerprint density at radius 3 is 2.58 bits per heavy atom. The van der Waals surface area contributed by atoms with Gasteiger partial charge in [-0.25, -0.2) is 4.98 Å². The number of primary amides is 1. The second kappa shape index (κ2) is 7.07. The number of rotatable bonds is 1. The number of aliphatic imine (C=N–C) groups is 1. The molecule has 1 aromatic carbocycles. The van der Waals surface area contributed by atoms with Gasteiger partial charge in [0.2, 0.25) is 0 Å². The Bertz CT molecular complexity index is 578. The van der Waals surface area contributed by atoms with Crippen LogP contribution in [0.3, 0.4) is 0 Å². The minimum absolute atomic E-state index is 0. The monoisotopic (exact) mass is 260 g/mol. The molecule has 5 N–H and O–H groups in total. The van der Waals surface area contributed by atoms with Crippen molar-refractivity contribution in [3.63, 3.8) is 0 Å². The zero-order valence-corrected chi connectivity index (χ0v) is 10.5. The molecule has 1 amide bonds. The molecule has 1 aliphatic rings. The maximum Gasteiger partial charge on any atom is 0.267 e. The molecule has 1 aliphatic heterocycles. The molecule has 0 unspecified atom stereocenters. The lowest BCUT2D eigenvalue weighted by Gasteiger charge is -1.97. The van der Waals surface area contributed by atoms with E-state index in [1.807, 2.05) is 30.3 Å². The summed E-state index contributed by atoms with van der Waals surface area (Å²) in [7, 11) is 0. The molecule has 100 valence electrons. The summed E-state index contributed by atoms with van der Waals surface area (Å²) in [6.45, 7) is 1.62. The van der Waals surface area contributed by atoms with Crippen LogP contribution in [-0.4, -0.2) is 30.4 Å². The molecule has 3 rings (SSSR count). The second-order valence-corrected chi connectivity index (χ2v) is 3.64. The first-order chi connectivity index (χ1) is 8.77. The van der Waals surface area contributed by atoms with Gasteiger partial charge in [-0.2, -0.15) is 0 Å². The van der Waals surface area contributed by atoms with Crippen LogP contribution in [0.2, 0.25) is 0 Å². The summed E-state index contributed by atoms with van der Waals surface area (Å²) in [5.41, 5.74) is 6.20. The van der Waals surface area contributed by atoms with Crippen LogP contribution < -0.4 is 11.9 Å². The molecule has 0 saturated heterocycles. The summed E-state index contributed by atoms with van der Waals surface area (Å²) in [5.74, 6) is -0.495. The maximum absolute atomic E-state index is 10.8. The number of benzene rings is 1. The fourth-order valence-electron chi connectivity index (χ4n) is 1.47. The van der Waals surface area contributed by atoms with Crippen molar-refractivity contribution in [3.8, 4) is 0 Å². The van der Waals surface area contributed by atoms with Crippen LogP contribution in [-0.2, 0) is 4.74 Å². The molecule has 0 aliphatic carbocycles. The van der Waals surface area contributed by atoms with Crippen molar-refractivity contribution in [3.05, 3.63) is 42.1 Å². The molecular formula is C13H16N4O2. The number of amides is 1. The lowest BCUT2D eigenvalue weighted by atomic mass is 10.2. The highest BCUT2D eigenvalue weighted by atomic mass is 16.5. The average Bonchev–Trinajstić information content (AvgIpc) is 2.97. The molecule has 6 heteroatoms. The minimum atomic E-state index is -0.495. The van der Waals surface area contributed by atoms with Crippen LogP contribution in [0.15, 0.2) is 41.4 Å². The van der Waals surface area contributed by atoms with E-state index in [0.717, 1.165) is 24.1 Å². The Hall–Kier alpha value is -2.47. The van der Waals surface area contributed by atoms with E-state index in [4.69, 9.17) is 5.73 Å². The number of nitrogens with zero attached hydrogens (tertiary/aromatic N) is 2. The number of carbonyl (C=O) groups is 1. The van der Waals surface area contributed by atoms with Crippen molar-refractivity contribution in [1.29, 1.82) is 0 Å². The van der Waals surface area contributed by atoms with Gasteiger partial charge in [-0.1, -0.05) is 24.3 Å². The third-order valence-corrected chi connectivity index (χ3v) is 2.34. The fraction of sp³-hybridized carbons (Fsp3) is 0.154. The van der Waals surface area contributed by atoms with Crippen LogP contribution in [0, 0.1) is 0 Å². The van der Waals surface area contributed by atoms with Gasteiger partial charge in [0.25, 0.3) is 5.91 Å². The van der Waals surface area contributed by atoms with Crippen LogP contribution in [0.25, 0.3) is 10.9 Å². The number of hydrogen-bond donors (Lipinski definition) is 2. The predicted molar refractivity (Wildman–Crippen MR) is 74.6 cm³/mol. The van der Waals surface area contributed by atoms with E-state index in [1.54, 1.807) is 6.07 Å². The first-order valence-corrected chi connectivity index (χ1v) is 5.53. The summed E-state index contributed by atoms with van der Waals surface area (Å²) in [6, 6.07) is 11.1. The zero-order valence-electron chi connectivity index (χ0n) is 10.5. The van der Waals surface area contributed by atoms with Gasteiger partial charge in [0, 0.05) is 5.39 Å². The van der Waals surface area contributed by atoms with Gasteiger partial charge < -0.3 is 16.6 Å². The number of carbonyl (C=O) groups excluding carboxylic acids is 1. The van der Waals surface area contributed by atoms with Crippen LogP contribution in [0.1, 0.15) is 10.5 Å². The van der Waals surface area contributed by atoms with Crippen molar-refractivity contribution >= 4 is 23.2 Å². The van der Waals surface area contributed by atoms with Crippen LogP contribution in [0.5, 0.6) is 0 Å². The highest BCUT2D eigenvalue weighted by molar-refractivity contribution is 5.93. The van der Waals surface area contributed by atoms with E-state index in [-0.39, 0.29) is 6.15 Å². The second-order valence-electron chi connectivity index (χ2n) is 3.64. The third kappa shape index (κ3) is 4.04. The number of hydrogen-bond acceptors (Lipinski definition) is 5. The number of fused-ring (bicyclic) bond motifs is 1. The Balaban J connectivity index is 0.000000256. The standard InChI is InChI=1S/C10H8N2O.C3H5NO.H3N/c11-10(13)9-6-5-7-3-1-2-4-8(7)12-9;1-2-5-3-4-1;/h1-6H,(H2,11,13);3H,1-2H2;1H3. The summed E-state index contributed by atoms with van der Waals surface area (Å²) in [5, 5.41) is 1.01. The van der Waals surface area contributed by atoms with Gasteiger partial charge in [-0.15, -0.1) is 0 Å². The number of aromatic nitrogens is 1. The molecule has 0 saturated carbocycles. The van der Waals surface area contributed by atoms with E-state index in [9.17, 15) is 4.79 Å². The summed E-state index contributed by atoms with van der Waals surface area (Å²) >= 11 is 0. The number of ether oxygens (including phenoxy) is 1.